The summed E-state index contributed by atoms with van der Waals surface area (Å²) in [6.07, 6.45) is 3.85. The van der Waals surface area contributed by atoms with Crippen LogP contribution < -0.4 is 10.6 Å². The van der Waals surface area contributed by atoms with Gasteiger partial charge in [0, 0.05) is 12.0 Å². The molecule has 0 amide bonds. The first-order valence-corrected chi connectivity index (χ1v) is 6.81. The number of carboxylic acid groups (broad SMARTS) is 1. The summed E-state index contributed by atoms with van der Waals surface area (Å²) in [4.78, 5) is 19.3. The Bertz CT molecular complexity index is 623. The first kappa shape index (κ1) is 13.4. The van der Waals surface area contributed by atoms with E-state index in [9.17, 15) is 4.79 Å². The lowest BCUT2D eigenvalue weighted by Crippen LogP contribution is -2.15. The van der Waals surface area contributed by atoms with Crippen molar-refractivity contribution in [3.05, 3.63) is 35.9 Å². The van der Waals surface area contributed by atoms with Gasteiger partial charge in [0.2, 0.25) is 5.95 Å². The Morgan fingerprint density at radius 2 is 2.24 bits per heavy atom. The maximum atomic E-state index is 10.6. The van der Waals surface area contributed by atoms with Crippen molar-refractivity contribution in [2.24, 2.45) is 0 Å². The summed E-state index contributed by atoms with van der Waals surface area (Å²) in [7, 11) is 0. The molecule has 3 rings (SSSR count). The fourth-order valence-corrected chi connectivity index (χ4v) is 1.97. The van der Waals surface area contributed by atoms with Crippen molar-refractivity contribution in [1.82, 2.24) is 9.97 Å². The number of nitrogens with one attached hydrogen (secondary N) is 2. The molecule has 1 aliphatic rings. The Morgan fingerprint density at radius 3 is 2.90 bits per heavy atom. The van der Waals surface area contributed by atoms with Gasteiger partial charge in [0.15, 0.2) is 0 Å². The van der Waals surface area contributed by atoms with Crippen molar-refractivity contribution >= 4 is 17.7 Å². The molecule has 110 valence electrons. The smallest absolute Gasteiger partial charge is 0.322 e. The molecular formula is C14H16N4O3. The molecule has 2 heterocycles. The molecular weight excluding hydrogens is 272 g/mol. The topological polar surface area (TPSA) is 100 Å². The third kappa shape index (κ3) is 3.71. The fraction of sp³-hybridized carbons (Fsp3) is 0.357. The van der Waals surface area contributed by atoms with E-state index in [0.29, 0.717) is 24.2 Å². The predicted molar refractivity (Wildman–Crippen MR) is 76.2 cm³/mol. The predicted octanol–water partition coefficient (Wildman–Crippen LogP) is 2.06. The molecule has 7 heteroatoms. The first-order valence-electron chi connectivity index (χ1n) is 6.81. The van der Waals surface area contributed by atoms with Crippen molar-refractivity contribution in [1.29, 1.82) is 0 Å². The summed E-state index contributed by atoms with van der Waals surface area (Å²) in [6.45, 7) is 0.318. The Hall–Kier alpha value is -2.57. The van der Waals surface area contributed by atoms with Crippen LogP contribution in [-0.2, 0) is 11.3 Å². The van der Waals surface area contributed by atoms with Crippen LogP contribution in [0.15, 0.2) is 28.9 Å². The first-order chi connectivity index (χ1) is 10.2. The molecule has 1 saturated carbocycles. The van der Waals surface area contributed by atoms with E-state index >= 15 is 0 Å². The summed E-state index contributed by atoms with van der Waals surface area (Å²) in [5.41, 5.74) is 0.944. The highest BCUT2D eigenvalue weighted by molar-refractivity contribution is 5.72. The number of carboxylic acids is 1. The number of aromatic nitrogens is 2. The Balaban J connectivity index is 1.72. The molecule has 0 aromatic carbocycles. The number of nitrogens with zero attached hydrogens (tertiary/aromatic N) is 2. The standard InChI is InChI=1S/C14H16N4O3/c19-13(20)8-16-14-17-11(9-3-4-9)6-12(18-14)15-7-10-2-1-5-21-10/h1-2,5-6,9H,3-4,7-8H2,(H,19,20)(H2,15,16,17,18). The Morgan fingerprint density at radius 1 is 1.38 bits per heavy atom. The van der Waals surface area contributed by atoms with Crippen molar-refractivity contribution in [2.45, 2.75) is 25.3 Å². The number of aliphatic carboxylic acids is 1. The van der Waals surface area contributed by atoms with Gasteiger partial charge in [-0.25, -0.2) is 4.98 Å². The highest BCUT2D eigenvalue weighted by atomic mass is 16.4. The van der Waals surface area contributed by atoms with Crippen molar-refractivity contribution in [3.8, 4) is 0 Å². The van der Waals surface area contributed by atoms with Crippen LogP contribution >= 0.6 is 0 Å². The van der Waals surface area contributed by atoms with E-state index < -0.39 is 5.97 Å². The Kier molecular flexibility index (Phi) is 3.72. The highest BCUT2D eigenvalue weighted by Crippen LogP contribution is 2.39. The molecule has 1 fully saturated rings. The molecule has 3 N–H and O–H groups in total. The van der Waals surface area contributed by atoms with Gasteiger partial charge in [-0.3, -0.25) is 4.79 Å². The minimum absolute atomic E-state index is 0.203. The molecule has 0 spiro atoms. The SMILES string of the molecule is O=C(O)CNc1nc(NCc2ccco2)cc(C2CC2)n1. The second-order valence-electron chi connectivity index (χ2n) is 4.96. The van der Waals surface area contributed by atoms with E-state index in [1.807, 2.05) is 18.2 Å². The van der Waals surface area contributed by atoms with Gasteiger partial charge in [0.1, 0.15) is 18.1 Å². The maximum absolute atomic E-state index is 10.6. The van der Waals surface area contributed by atoms with Crippen molar-refractivity contribution in [2.75, 3.05) is 17.2 Å². The van der Waals surface area contributed by atoms with Gasteiger partial charge in [0.25, 0.3) is 0 Å². The van der Waals surface area contributed by atoms with Crippen LogP contribution in [0.5, 0.6) is 0 Å². The van der Waals surface area contributed by atoms with E-state index in [2.05, 4.69) is 20.6 Å². The Labute approximate surface area is 121 Å². The van der Waals surface area contributed by atoms with Crippen LogP contribution in [-0.4, -0.2) is 27.6 Å². The van der Waals surface area contributed by atoms with Gasteiger partial charge in [-0.1, -0.05) is 0 Å². The largest absolute Gasteiger partial charge is 0.480 e. The zero-order valence-electron chi connectivity index (χ0n) is 11.4. The molecule has 0 bridgehead atoms. The number of hydrogen-bond acceptors (Lipinski definition) is 6. The minimum Gasteiger partial charge on any atom is -0.480 e. The van der Waals surface area contributed by atoms with E-state index in [0.717, 1.165) is 24.3 Å². The third-order valence-corrected chi connectivity index (χ3v) is 3.16. The van der Waals surface area contributed by atoms with E-state index in [1.54, 1.807) is 6.26 Å². The quantitative estimate of drug-likeness (QED) is 0.716. The van der Waals surface area contributed by atoms with Crippen molar-refractivity contribution < 1.29 is 14.3 Å². The summed E-state index contributed by atoms with van der Waals surface area (Å²) in [5, 5.41) is 14.6. The number of carbonyl (C=O) groups is 1. The highest BCUT2D eigenvalue weighted by Gasteiger charge is 2.26. The van der Waals surface area contributed by atoms with E-state index in [1.165, 1.54) is 0 Å². The van der Waals surface area contributed by atoms with Crippen LogP contribution in [0.4, 0.5) is 11.8 Å². The lowest BCUT2D eigenvalue weighted by atomic mass is 10.3. The van der Waals surface area contributed by atoms with Crippen LogP contribution in [0.3, 0.4) is 0 Å². The van der Waals surface area contributed by atoms with Crippen LogP contribution in [0.25, 0.3) is 0 Å². The summed E-state index contributed by atoms with van der Waals surface area (Å²) >= 11 is 0. The minimum atomic E-state index is -0.944. The van der Waals surface area contributed by atoms with Gasteiger partial charge in [-0.05, 0) is 25.0 Å². The summed E-state index contributed by atoms with van der Waals surface area (Å²) in [5.74, 6) is 1.32. The monoisotopic (exact) mass is 288 g/mol. The van der Waals surface area contributed by atoms with Crippen LogP contribution in [0.2, 0.25) is 0 Å². The zero-order chi connectivity index (χ0) is 14.7. The van der Waals surface area contributed by atoms with E-state index in [4.69, 9.17) is 9.52 Å². The maximum Gasteiger partial charge on any atom is 0.322 e. The molecule has 0 saturated heterocycles. The van der Waals surface area contributed by atoms with E-state index in [-0.39, 0.29) is 6.54 Å². The third-order valence-electron chi connectivity index (χ3n) is 3.16. The average molecular weight is 288 g/mol. The fourth-order valence-electron chi connectivity index (χ4n) is 1.97. The number of rotatable bonds is 7. The van der Waals surface area contributed by atoms with Crippen molar-refractivity contribution in [3.63, 3.8) is 0 Å². The molecule has 0 aliphatic heterocycles. The molecule has 0 radical (unpaired) electrons. The second kappa shape index (κ2) is 5.82. The molecule has 0 atom stereocenters. The van der Waals surface area contributed by atoms with Gasteiger partial charge in [-0.15, -0.1) is 0 Å². The molecule has 1 aliphatic carbocycles. The normalized spacial score (nSPS) is 13.9. The zero-order valence-corrected chi connectivity index (χ0v) is 11.4. The molecule has 2 aromatic heterocycles. The molecule has 2 aromatic rings. The molecule has 21 heavy (non-hydrogen) atoms. The van der Waals surface area contributed by atoms with Gasteiger partial charge >= 0.3 is 5.97 Å². The number of furan rings is 1. The van der Waals surface area contributed by atoms with Crippen LogP contribution in [0, 0.1) is 0 Å². The van der Waals surface area contributed by atoms with Crippen LogP contribution in [0.1, 0.15) is 30.2 Å². The number of hydrogen-bond donors (Lipinski definition) is 3. The lowest BCUT2D eigenvalue weighted by molar-refractivity contribution is -0.134. The van der Waals surface area contributed by atoms with Gasteiger partial charge in [-0.2, -0.15) is 4.98 Å². The van der Waals surface area contributed by atoms with Gasteiger partial charge in [0.05, 0.1) is 18.5 Å². The molecule has 0 unspecified atom stereocenters. The summed E-state index contributed by atoms with van der Waals surface area (Å²) < 4.78 is 5.26. The van der Waals surface area contributed by atoms with Gasteiger partial charge < -0.3 is 20.2 Å². The lowest BCUT2D eigenvalue weighted by Gasteiger charge is -2.09. The average Bonchev–Trinajstić information content (AvgIpc) is 3.20. The number of anilines is 2. The second-order valence-corrected chi connectivity index (χ2v) is 4.96. The molecule has 7 nitrogen and oxygen atoms in total. The summed E-state index contributed by atoms with van der Waals surface area (Å²) in [6, 6.07) is 5.61.